The fourth-order valence-electron chi connectivity index (χ4n) is 1.77. The lowest BCUT2D eigenvalue weighted by atomic mass is 10.1. The molecule has 1 aromatic carbocycles. The van der Waals surface area contributed by atoms with E-state index >= 15 is 0 Å². The Kier molecular flexibility index (Phi) is 4.55. The number of nitrogens with zero attached hydrogens (tertiary/aromatic N) is 2. The third-order valence-corrected chi connectivity index (χ3v) is 2.85. The number of carbonyl (C=O) groups is 1. The molecule has 108 valence electrons. The Morgan fingerprint density at radius 2 is 2.00 bits per heavy atom. The number of benzene rings is 1. The molecule has 1 aromatic heterocycles. The van der Waals surface area contributed by atoms with Crippen molar-refractivity contribution in [3.63, 3.8) is 0 Å². The Hall–Kier alpha value is -2.83. The molecule has 1 amide bonds. The van der Waals surface area contributed by atoms with Crippen molar-refractivity contribution in [1.82, 2.24) is 10.3 Å². The molecule has 0 saturated carbocycles. The Labute approximate surface area is 119 Å². The molecule has 0 atom stereocenters. The summed E-state index contributed by atoms with van der Waals surface area (Å²) in [7, 11) is 0. The maximum Gasteiger partial charge on any atom is 0.305 e. The van der Waals surface area contributed by atoms with E-state index in [4.69, 9.17) is 0 Å². The van der Waals surface area contributed by atoms with Gasteiger partial charge in [-0.05, 0) is 36.2 Å². The van der Waals surface area contributed by atoms with Gasteiger partial charge in [-0.15, -0.1) is 0 Å². The summed E-state index contributed by atoms with van der Waals surface area (Å²) >= 11 is 0. The summed E-state index contributed by atoms with van der Waals surface area (Å²) in [4.78, 5) is 25.5. The van der Waals surface area contributed by atoms with E-state index in [1.807, 2.05) is 12.1 Å². The second kappa shape index (κ2) is 6.56. The standard InChI is InChI=1S/C14H12FN3O3/c15-12-2-1-11(9-13(12)18(20)21)14(19)17-8-5-10-3-6-16-7-4-10/h1-4,6-7,9H,5,8H2,(H,17,19). The highest BCUT2D eigenvalue weighted by Crippen LogP contribution is 2.18. The Bertz CT molecular complexity index is 662. The highest BCUT2D eigenvalue weighted by atomic mass is 19.1. The first-order valence-electron chi connectivity index (χ1n) is 6.19. The van der Waals surface area contributed by atoms with E-state index < -0.39 is 22.3 Å². The van der Waals surface area contributed by atoms with E-state index in [1.165, 1.54) is 6.07 Å². The van der Waals surface area contributed by atoms with Crippen LogP contribution in [0.3, 0.4) is 0 Å². The summed E-state index contributed by atoms with van der Waals surface area (Å²) in [5.74, 6) is -1.44. The van der Waals surface area contributed by atoms with Crippen LogP contribution in [0.1, 0.15) is 15.9 Å². The number of rotatable bonds is 5. The maximum absolute atomic E-state index is 13.2. The molecule has 0 aliphatic rings. The molecular weight excluding hydrogens is 277 g/mol. The number of carbonyl (C=O) groups excluding carboxylic acids is 1. The molecule has 0 aliphatic carbocycles. The highest BCUT2D eigenvalue weighted by Gasteiger charge is 2.17. The zero-order chi connectivity index (χ0) is 15.2. The minimum Gasteiger partial charge on any atom is -0.352 e. The van der Waals surface area contributed by atoms with Gasteiger partial charge in [0.2, 0.25) is 5.82 Å². The molecule has 0 bridgehead atoms. The van der Waals surface area contributed by atoms with Crippen molar-refractivity contribution >= 4 is 11.6 Å². The van der Waals surface area contributed by atoms with E-state index in [1.54, 1.807) is 12.4 Å². The number of hydrogen-bond donors (Lipinski definition) is 1. The normalized spacial score (nSPS) is 10.1. The van der Waals surface area contributed by atoms with Gasteiger partial charge in [0, 0.05) is 30.6 Å². The van der Waals surface area contributed by atoms with E-state index in [-0.39, 0.29) is 5.56 Å². The average Bonchev–Trinajstić information content (AvgIpc) is 2.48. The largest absolute Gasteiger partial charge is 0.352 e. The van der Waals surface area contributed by atoms with Crippen molar-refractivity contribution in [2.75, 3.05) is 6.54 Å². The zero-order valence-electron chi connectivity index (χ0n) is 11.0. The molecular formula is C14H12FN3O3. The van der Waals surface area contributed by atoms with Crippen molar-refractivity contribution < 1.29 is 14.1 Å². The number of nitro benzene ring substituents is 1. The molecule has 0 radical (unpaired) electrons. The van der Waals surface area contributed by atoms with Crippen LogP contribution in [-0.2, 0) is 6.42 Å². The van der Waals surface area contributed by atoms with Crippen LogP contribution in [0.4, 0.5) is 10.1 Å². The summed E-state index contributed by atoms with van der Waals surface area (Å²) in [5.41, 5.74) is 0.352. The lowest BCUT2D eigenvalue weighted by molar-refractivity contribution is -0.387. The van der Waals surface area contributed by atoms with Gasteiger partial charge in [-0.3, -0.25) is 19.9 Å². The zero-order valence-corrected chi connectivity index (χ0v) is 11.0. The summed E-state index contributed by atoms with van der Waals surface area (Å²) in [6.07, 6.45) is 3.92. The lowest BCUT2D eigenvalue weighted by Crippen LogP contribution is -2.25. The first-order valence-corrected chi connectivity index (χ1v) is 6.19. The molecule has 7 heteroatoms. The topological polar surface area (TPSA) is 85.1 Å². The average molecular weight is 289 g/mol. The number of nitro groups is 1. The number of hydrogen-bond acceptors (Lipinski definition) is 4. The first-order chi connectivity index (χ1) is 10.1. The number of amides is 1. The van der Waals surface area contributed by atoms with Crippen molar-refractivity contribution in [3.8, 4) is 0 Å². The van der Waals surface area contributed by atoms with Gasteiger partial charge >= 0.3 is 5.69 Å². The van der Waals surface area contributed by atoms with Crippen molar-refractivity contribution in [2.24, 2.45) is 0 Å². The molecule has 2 rings (SSSR count). The van der Waals surface area contributed by atoms with Crippen molar-refractivity contribution in [3.05, 3.63) is 69.8 Å². The van der Waals surface area contributed by atoms with Crippen LogP contribution in [0, 0.1) is 15.9 Å². The maximum atomic E-state index is 13.2. The van der Waals surface area contributed by atoms with Crippen LogP contribution in [0.2, 0.25) is 0 Å². The van der Waals surface area contributed by atoms with Gasteiger partial charge in [-0.2, -0.15) is 4.39 Å². The number of aromatic nitrogens is 1. The van der Waals surface area contributed by atoms with Gasteiger partial charge in [-0.1, -0.05) is 0 Å². The van der Waals surface area contributed by atoms with E-state index in [2.05, 4.69) is 10.3 Å². The van der Waals surface area contributed by atoms with Gasteiger partial charge in [0.15, 0.2) is 0 Å². The van der Waals surface area contributed by atoms with E-state index in [9.17, 15) is 19.3 Å². The minimum absolute atomic E-state index is 0.0535. The molecule has 1 N–H and O–H groups in total. The molecule has 0 saturated heterocycles. The second-order valence-electron chi connectivity index (χ2n) is 4.28. The second-order valence-corrected chi connectivity index (χ2v) is 4.28. The third kappa shape index (κ3) is 3.82. The predicted molar refractivity (Wildman–Crippen MR) is 73.3 cm³/mol. The Morgan fingerprint density at radius 1 is 1.29 bits per heavy atom. The molecule has 0 unspecified atom stereocenters. The van der Waals surface area contributed by atoms with Crippen LogP contribution < -0.4 is 5.32 Å². The van der Waals surface area contributed by atoms with Crippen LogP contribution >= 0.6 is 0 Å². The van der Waals surface area contributed by atoms with Crippen LogP contribution in [-0.4, -0.2) is 22.4 Å². The monoisotopic (exact) mass is 289 g/mol. The Balaban J connectivity index is 1.97. The summed E-state index contributed by atoms with van der Waals surface area (Å²) in [6, 6.07) is 6.71. The number of nitrogens with one attached hydrogen (secondary N) is 1. The van der Waals surface area contributed by atoms with Gasteiger partial charge in [0.05, 0.1) is 4.92 Å². The van der Waals surface area contributed by atoms with Gasteiger partial charge in [0.1, 0.15) is 0 Å². The van der Waals surface area contributed by atoms with Crippen LogP contribution in [0.25, 0.3) is 0 Å². The molecule has 0 spiro atoms. The molecule has 0 fully saturated rings. The quantitative estimate of drug-likeness (QED) is 0.674. The Morgan fingerprint density at radius 3 is 2.67 bits per heavy atom. The van der Waals surface area contributed by atoms with Gasteiger partial charge in [-0.25, -0.2) is 0 Å². The van der Waals surface area contributed by atoms with Crippen LogP contribution in [0.5, 0.6) is 0 Å². The lowest BCUT2D eigenvalue weighted by Gasteiger charge is -2.05. The van der Waals surface area contributed by atoms with E-state index in [0.717, 1.165) is 17.7 Å². The minimum atomic E-state index is -0.965. The van der Waals surface area contributed by atoms with Gasteiger partial charge in [0.25, 0.3) is 5.91 Å². The summed E-state index contributed by atoms with van der Waals surface area (Å²) in [5, 5.41) is 13.3. The van der Waals surface area contributed by atoms with Gasteiger partial charge < -0.3 is 5.32 Å². The fourth-order valence-corrected chi connectivity index (χ4v) is 1.77. The highest BCUT2D eigenvalue weighted by molar-refractivity contribution is 5.94. The summed E-state index contributed by atoms with van der Waals surface area (Å²) in [6.45, 7) is 0.369. The molecule has 0 aliphatic heterocycles. The third-order valence-electron chi connectivity index (χ3n) is 2.85. The van der Waals surface area contributed by atoms with E-state index in [0.29, 0.717) is 13.0 Å². The summed E-state index contributed by atoms with van der Waals surface area (Å²) < 4.78 is 13.2. The molecule has 21 heavy (non-hydrogen) atoms. The SMILES string of the molecule is O=C(NCCc1ccncc1)c1ccc(F)c([N+](=O)[O-])c1. The van der Waals surface area contributed by atoms with Crippen molar-refractivity contribution in [2.45, 2.75) is 6.42 Å². The predicted octanol–water partition coefficient (Wildman–Crippen LogP) is 2.10. The van der Waals surface area contributed by atoms with Crippen LogP contribution in [0.15, 0.2) is 42.7 Å². The molecule has 2 aromatic rings. The number of halogens is 1. The molecule has 1 heterocycles. The molecule has 6 nitrogen and oxygen atoms in total. The fraction of sp³-hybridized carbons (Fsp3) is 0.143. The first kappa shape index (κ1) is 14.6. The smallest absolute Gasteiger partial charge is 0.305 e. The van der Waals surface area contributed by atoms with Crippen molar-refractivity contribution in [1.29, 1.82) is 0 Å². The number of pyridine rings is 1.